The minimum atomic E-state index is -4.23. The van der Waals surface area contributed by atoms with E-state index in [2.05, 4.69) is 54.4 Å². The number of anilines is 1. The smallest absolute Gasteiger partial charge is 0.387 e. The van der Waals surface area contributed by atoms with E-state index in [1.165, 1.54) is 23.4 Å². The highest BCUT2D eigenvalue weighted by Gasteiger charge is 2.49. The van der Waals surface area contributed by atoms with Crippen LogP contribution in [-0.2, 0) is 45.1 Å². The molecule has 1 fully saturated rings. The SMILES string of the molecule is Nc1nc2c(ncn2[C@@H]2O[C@@H]3COP(=O)(S)OCCCn4c(nc5cncnc54)COP(=O)(S)O[C@@H]2[C@@H]3O)c(=O)[nH]1. The summed E-state index contributed by atoms with van der Waals surface area (Å²) in [6, 6.07) is 0. The molecule has 2 bridgehead atoms. The molecule has 6 rings (SSSR count). The zero-order valence-corrected chi connectivity index (χ0v) is 24.4. The Hall–Kier alpha value is -2.38. The lowest BCUT2D eigenvalue weighted by Crippen LogP contribution is -2.35. The Bertz CT molecular complexity index is 1770. The Kier molecular flexibility index (Phi) is 7.73. The van der Waals surface area contributed by atoms with Crippen LogP contribution in [0.15, 0.2) is 23.6 Å². The van der Waals surface area contributed by atoms with E-state index < -0.39 is 50.3 Å². The van der Waals surface area contributed by atoms with Crippen molar-refractivity contribution < 1.29 is 37.1 Å². The van der Waals surface area contributed by atoms with Gasteiger partial charge in [0.05, 0.1) is 25.7 Å². The molecule has 0 spiro atoms. The molecule has 0 aromatic carbocycles. The number of H-pyrrole nitrogens is 1. The van der Waals surface area contributed by atoms with E-state index in [0.29, 0.717) is 30.0 Å². The van der Waals surface area contributed by atoms with E-state index >= 15 is 0 Å². The number of aliphatic hydroxyl groups excluding tert-OH is 1. The summed E-state index contributed by atoms with van der Waals surface area (Å²) in [4.78, 5) is 35.5. The van der Waals surface area contributed by atoms with Crippen LogP contribution in [0.1, 0.15) is 18.5 Å². The first-order valence-electron chi connectivity index (χ1n) is 12.0. The van der Waals surface area contributed by atoms with Gasteiger partial charge in [-0.3, -0.25) is 27.9 Å². The van der Waals surface area contributed by atoms with Crippen molar-refractivity contribution in [3.05, 3.63) is 35.0 Å². The van der Waals surface area contributed by atoms with Gasteiger partial charge in [-0.15, -0.1) is 0 Å². The summed E-state index contributed by atoms with van der Waals surface area (Å²) in [5.74, 6) is 0.127. The van der Waals surface area contributed by atoms with Gasteiger partial charge in [0.15, 0.2) is 23.0 Å². The molecule has 4 aromatic rings. The average Bonchev–Trinajstić information content (AvgIpc) is 3.58. The van der Waals surface area contributed by atoms with Crippen LogP contribution in [0, 0.1) is 0 Å². The summed E-state index contributed by atoms with van der Waals surface area (Å²) in [5.41, 5.74) is 5.96. The summed E-state index contributed by atoms with van der Waals surface area (Å²) in [5, 5.41) is 11.2. The van der Waals surface area contributed by atoms with E-state index in [4.69, 9.17) is 28.6 Å². The first-order valence-corrected chi connectivity index (χ1v) is 17.4. The van der Waals surface area contributed by atoms with Crippen molar-refractivity contribution in [1.82, 2.24) is 39.0 Å². The van der Waals surface area contributed by atoms with Gasteiger partial charge in [0, 0.05) is 6.54 Å². The Morgan fingerprint density at radius 3 is 2.78 bits per heavy atom. The maximum Gasteiger partial charge on any atom is 0.387 e. The zero-order valence-electron chi connectivity index (χ0n) is 20.8. The van der Waals surface area contributed by atoms with Gasteiger partial charge in [0.2, 0.25) is 5.95 Å². The number of imidazole rings is 2. The predicted molar refractivity (Wildman–Crippen MR) is 147 cm³/mol. The molecule has 0 aliphatic carbocycles. The highest BCUT2D eigenvalue weighted by molar-refractivity contribution is 8.44. The van der Waals surface area contributed by atoms with Crippen LogP contribution in [0.3, 0.4) is 0 Å². The van der Waals surface area contributed by atoms with Gasteiger partial charge in [-0.1, -0.05) is 24.5 Å². The lowest BCUT2D eigenvalue weighted by atomic mass is 10.1. The predicted octanol–water partition coefficient (Wildman–Crippen LogP) is 1.21. The number of nitrogens with two attached hydrogens (primary N) is 1. The number of ether oxygens (including phenoxy) is 1. The Balaban J connectivity index is 1.37. The minimum absolute atomic E-state index is 0.00236. The van der Waals surface area contributed by atoms with E-state index in [1.54, 1.807) is 4.57 Å². The van der Waals surface area contributed by atoms with Crippen molar-refractivity contribution in [2.75, 3.05) is 18.9 Å². The van der Waals surface area contributed by atoms with Crippen molar-refractivity contribution in [1.29, 1.82) is 0 Å². The number of thiol groups is 2. The fourth-order valence-electron chi connectivity index (χ4n) is 4.52. The molecule has 18 nitrogen and oxygen atoms in total. The molecule has 220 valence electrons. The fourth-order valence-corrected chi connectivity index (χ4v) is 7.11. The lowest BCUT2D eigenvalue weighted by molar-refractivity contribution is -0.0464. The molecule has 0 radical (unpaired) electrons. The van der Waals surface area contributed by atoms with E-state index in [-0.39, 0.29) is 30.3 Å². The maximum atomic E-state index is 13.5. The van der Waals surface area contributed by atoms with Crippen LogP contribution >= 0.6 is 38.1 Å². The monoisotopic (exact) mass is 647 g/mol. The van der Waals surface area contributed by atoms with Crippen molar-refractivity contribution >= 4 is 66.4 Å². The summed E-state index contributed by atoms with van der Waals surface area (Å²) < 4.78 is 57.3. The molecule has 41 heavy (non-hydrogen) atoms. The number of aromatic nitrogens is 8. The standard InChI is InChI=1S/C19H23N9O9P2S2/c20-19-25-16-12(17(30)26-19)23-8-28(16)18-14-13(29)10(36-18)5-34-38(31,40)33-3-1-2-27-11(6-35-39(32,41)37-14)24-9-4-21-7-22-15(9)27/h4,7-8,10,13-14,18,29H,1-3,5-6H2,(H,31,40)(H,32,41)(H3,20,25,26,30)/t10-,13-,14-,18-,38?,39?/m1/s1. The molecule has 0 amide bonds. The van der Waals surface area contributed by atoms with Crippen LogP contribution in [0.4, 0.5) is 5.95 Å². The molecular weight excluding hydrogens is 624 g/mol. The Labute approximate surface area is 240 Å². The second-order valence-electron chi connectivity index (χ2n) is 9.01. The largest absolute Gasteiger partial charge is 0.387 e. The van der Waals surface area contributed by atoms with Crippen LogP contribution in [0.2, 0.25) is 0 Å². The zero-order chi connectivity index (χ0) is 28.9. The van der Waals surface area contributed by atoms with Gasteiger partial charge in [-0.25, -0.2) is 29.1 Å². The molecule has 0 saturated carbocycles. The second kappa shape index (κ2) is 11.0. The third-order valence-electron chi connectivity index (χ3n) is 6.32. The highest BCUT2D eigenvalue weighted by atomic mass is 32.7. The quantitative estimate of drug-likeness (QED) is 0.144. The number of hydrogen-bond donors (Lipinski definition) is 5. The lowest BCUT2D eigenvalue weighted by Gasteiger charge is -2.24. The molecule has 4 N–H and O–H groups in total. The van der Waals surface area contributed by atoms with E-state index in [0.717, 1.165) is 0 Å². The first kappa shape index (κ1) is 28.7. The number of aliphatic hydroxyl groups is 1. The highest BCUT2D eigenvalue weighted by Crippen LogP contribution is 2.58. The molecule has 2 aliphatic rings. The van der Waals surface area contributed by atoms with Gasteiger partial charge in [-0.2, -0.15) is 4.98 Å². The first-order chi connectivity index (χ1) is 19.5. The van der Waals surface area contributed by atoms with Crippen molar-refractivity contribution in [3.8, 4) is 0 Å². The van der Waals surface area contributed by atoms with Gasteiger partial charge in [0.1, 0.15) is 42.6 Å². The van der Waals surface area contributed by atoms with Crippen LogP contribution in [-0.4, -0.2) is 75.7 Å². The summed E-state index contributed by atoms with van der Waals surface area (Å²) >= 11 is 8.14. The number of hydrogen-bond acceptors (Lipinski definition) is 15. The number of aromatic amines is 1. The van der Waals surface area contributed by atoms with Crippen LogP contribution < -0.4 is 11.3 Å². The van der Waals surface area contributed by atoms with Crippen LogP contribution in [0.25, 0.3) is 22.3 Å². The third-order valence-corrected chi connectivity index (χ3v) is 9.59. The number of aryl methyl sites for hydroxylation is 1. The topological polar surface area (TPSA) is 234 Å². The Morgan fingerprint density at radius 2 is 1.95 bits per heavy atom. The average molecular weight is 648 g/mol. The molecule has 1 saturated heterocycles. The number of rotatable bonds is 1. The molecule has 4 aromatic heterocycles. The molecule has 6 heterocycles. The third kappa shape index (κ3) is 5.81. The van der Waals surface area contributed by atoms with Crippen molar-refractivity contribution in [2.24, 2.45) is 0 Å². The number of fused-ring (bicyclic) bond motifs is 6. The van der Waals surface area contributed by atoms with Crippen LogP contribution in [0.5, 0.6) is 0 Å². The minimum Gasteiger partial charge on any atom is -0.387 e. The van der Waals surface area contributed by atoms with Crippen molar-refractivity contribution in [3.63, 3.8) is 0 Å². The van der Waals surface area contributed by atoms with E-state index in [1.807, 2.05) is 0 Å². The normalized spacial score (nSPS) is 31.9. The second-order valence-corrected chi connectivity index (χ2v) is 14.8. The van der Waals surface area contributed by atoms with Crippen molar-refractivity contribution in [2.45, 2.75) is 44.1 Å². The maximum absolute atomic E-state index is 13.5. The number of nitrogens with zero attached hydrogens (tertiary/aromatic N) is 7. The summed E-state index contributed by atoms with van der Waals surface area (Å²) in [6.07, 6.45) is -0.998. The van der Waals surface area contributed by atoms with Gasteiger partial charge >= 0.3 is 13.6 Å². The molecule has 22 heteroatoms. The fraction of sp³-hybridized carbons (Fsp3) is 0.474. The Morgan fingerprint density at radius 1 is 1.12 bits per heavy atom. The molecule has 6 atom stereocenters. The molecule has 2 unspecified atom stereocenters. The summed E-state index contributed by atoms with van der Waals surface area (Å²) in [6.45, 7) is -8.58. The van der Waals surface area contributed by atoms with Gasteiger partial charge in [0.25, 0.3) is 5.56 Å². The van der Waals surface area contributed by atoms with Gasteiger partial charge < -0.3 is 24.7 Å². The molecule has 2 aliphatic heterocycles. The number of nitrogens with one attached hydrogen (secondary N) is 1. The summed E-state index contributed by atoms with van der Waals surface area (Å²) in [7, 11) is 0. The molecular formula is C19H23N9O9P2S2. The number of nitrogen functional groups attached to an aromatic ring is 1. The van der Waals surface area contributed by atoms with E-state index in [9.17, 15) is 19.0 Å². The van der Waals surface area contributed by atoms with Gasteiger partial charge in [-0.05, 0) is 6.42 Å².